The van der Waals surface area contributed by atoms with Crippen LogP contribution in [0.25, 0.3) is 10.9 Å². The SMILES string of the molecule is CC(C)Cc1c[nH]c2ccc(Oc3c(Cl)cc(OCC(=O)O)cc3Br)cc12. The Morgan fingerprint density at radius 3 is 2.70 bits per heavy atom. The molecule has 3 aromatic rings. The Kier molecular flexibility index (Phi) is 5.97. The van der Waals surface area contributed by atoms with Crippen molar-refractivity contribution in [1.29, 1.82) is 0 Å². The number of fused-ring (bicyclic) bond motifs is 1. The molecule has 0 aliphatic heterocycles. The van der Waals surface area contributed by atoms with Gasteiger partial charge in [0.25, 0.3) is 0 Å². The summed E-state index contributed by atoms with van der Waals surface area (Å²) in [6, 6.07) is 8.99. The quantitative estimate of drug-likeness (QED) is 0.458. The molecule has 0 bridgehead atoms. The maximum Gasteiger partial charge on any atom is 0.341 e. The van der Waals surface area contributed by atoms with Gasteiger partial charge in [-0.05, 0) is 58.1 Å². The minimum Gasteiger partial charge on any atom is -0.482 e. The van der Waals surface area contributed by atoms with Gasteiger partial charge in [0.15, 0.2) is 12.4 Å². The minimum atomic E-state index is -1.06. The van der Waals surface area contributed by atoms with E-state index in [1.54, 1.807) is 6.07 Å². The highest BCUT2D eigenvalue weighted by Crippen LogP contribution is 2.40. The molecule has 7 heteroatoms. The molecule has 0 saturated heterocycles. The normalized spacial score (nSPS) is 11.1. The van der Waals surface area contributed by atoms with Crippen LogP contribution < -0.4 is 9.47 Å². The van der Waals surface area contributed by atoms with Crippen LogP contribution in [0.2, 0.25) is 5.02 Å². The number of aliphatic carboxylic acids is 1. The van der Waals surface area contributed by atoms with Gasteiger partial charge in [-0.15, -0.1) is 0 Å². The first-order chi connectivity index (χ1) is 12.8. The molecule has 0 unspecified atom stereocenters. The average Bonchev–Trinajstić information content (AvgIpc) is 2.98. The highest BCUT2D eigenvalue weighted by molar-refractivity contribution is 9.10. The lowest BCUT2D eigenvalue weighted by Crippen LogP contribution is -2.09. The number of ether oxygens (including phenoxy) is 2. The van der Waals surface area contributed by atoms with Gasteiger partial charge >= 0.3 is 5.97 Å². The highest BCUT2D eigenvalue weighted by Gasteiger charge is 2.14. The second kappa shape index (κ2) is 8.23. The Bertz CT molecular complexity index is 960. The monoisotopic (exact) mass is 451 g/mol. The third-order valence-electron chi connectivity index (χ3n) is 3.92. The molecule has 1 aromatic heterocycles. The van der Waals surface area contributed by atoms with Crippen LogP contribution in [0, 0.1) is 5.92 Å². The van der Waals surface area contributed by atoms with E-state index in [4.69, 9.17) is 26.2 Å². The van der Waals surface area contributed by atoms with Crippen LogP contribution in [0.5, 0.6) is 17.2 Å². The molecule has 142 valence electrons. The van der Waals surface area contributed by atoms with Gasteiger partial charge in [-0.2, -0.15) is 0 Å². The third-order valence-corrected chi connectivity index (χ3v) is 4.79. The second-order valence-corrected chi connectivity index (χ2v) is 7.88. The Balaban J connectivity index is 1.87. The van der Waals surface area contributed by atoms with Gasteiger partial charge < -0.3 is 19.6 Å². The molecular formula is C20H19BrClNO4. The van der Waals surface area contributed by atoms with E-state index in [9.17, 15) is 4.79 Å². The van der Waals surface area contributed by atoms with Crippen molar-refractivity contribution in [2.45, 2.75) is 20.3 Å². The topological polar surface area (TPSA) is 71.5 Å². The van der Waals surface area contributed by atoms with Crippen molar-refractivity contribution in [1.82, 2.24) is 4.98 Å². The van der Waals surface area contributed by atoms with Gasteiger partial charge in [0, 0.05) is 23.2 Å². The standard InChI is InChI=1S/C20H19BrClNO4/c1-11(2)5-12-9-23-18-4-3-13(6-15(12)18)27-20-16(21)7-14(8-17(20)22)26-10-19(24)25/h3-4,6-9,11,23H,5,10H2,1-2H3,(H,24,25). The lowest BCUT2D eigenvalue weighted by molar-refractivity contribution is -0.139. The van der Waals surface area contributed by atoms with Crippen LogP contribution in [0.15, 0.2) is 41.0 Å². The Morgan fingerprint density at radius 2 is 2.04 bits per heavy atom. The maximum atomic E-state index is 10.6. The van der Waals surface area contributed by atoms with E-state index in [0.29, 0.717) is 32.7 Å². The first-order valence-electron chi connectivity index (χ1n) is 8.45. The number of carboxylic acid groups (broad SMARTS) is 1. The van der Waals surface area contributed by atoms with Gasteiger partial charge in [-0.3, -0.25) is 0 Å². The van der Waals surface area contributed by atoms with Crippen LogP contribution in [0.4, 0.5) is 0 Å². The van der Waals surface area contributed by atoms with Gasteiger partial charge in [0.1, 0.15) is 11.5 Å². The molecule has 0 aliphatic carbocycles. The van der Waals surface area contributed by atoms with Crippen LogP contribution in [0.3, 0.4) is 0 Å². The summed E-state index contributed by atoms with van der Waals surface area (Å²) < 4.78 is 11.7. The van der Waals surface area contributed by atoms with Crippen LogP contribution in [-0.2, 0) is 11.2 Å². The summed E-state index contributed by atoms with van der Waals surface area (Å²) in [6.07, 6.45) is 3.01. The van der Waals surface area contributed by atoms with Crippen molar-refractivity contribution in [2.24, 2.45) is 5.92 Å². The van der Waals surface area contributed by atoms with E-state index in [0.717, 1.165) is 17.3 Å². The van der Waals surface area contributed by atoms with Crippen molar-refractivity contribution in [3.8, 4) is 17.2 Å². The Morgan fingerprint density at radius 1 is 1.26 bits per heavy atom. The molecule has 1 heterocycles. The van der Waals surface area contributed by atoms with Crippen molar-refractivity contribution in [3.05, 3.63) is 51.6 Å². The second-order valence-electron chi connectivity index (χ2n) is 6.62. The molecule has 3 rings (SSSR count). The molecule has 0 atom stereocenters. The summed E-state index contributed by atoms with van der Waals surface area (Å²) in [7, 11) is 0. The lowest BCUT2D eigenvalue weighted by Gasteiger charge is -2.12. The first kappa shape index (κ1) is 19.6. The van der Waals surface area contributed by atoms with Gasteiger partial charge in [0.2, 0.25) is 0 Å². The van der Waals surface area contributed by atoms with E-state index in [1.165, 1.54) is 11.6 Å². The fourth-order valence-electron chi connectivity index (χ4n) is 2.81. The average molecular weight is 453 g/mol. The largest absolute Gasteiger partial charge is 0.482 e. The first-order valence-corrected chi connectivity index (χ1v) is 9.62. The highest BCUT2D eigenvalue weighted by atomic mass is 79.9. The predicted molar refractivity (Wildman–Crippen MR) is 109 cm³/mol. The molecule has 0 spiro atoms. The number of aromatic nitrogens is 1. The number of H-pyrrole nitrogens is 1. The molecule has 0 aliphatic rings. The zero-order valence-electron chi connectivity index (χ0n) is 14.9. The van der Waals surface area contributed by atoms with E-state index in [1.807, 2.05) is 24.4 Å². The fraction of sp³-hybridized carbons (Fsp3) is 0.250. The Hall–Kier alpha value is -2.18. The summed E-state index contributed by atoms with van der Waals surface area (Å²) >= 11 is 9.72. The van der Waals surface area contributed by atoms with Gasteiger partial charge in [-0.1, -0.05) is 25.4 Å². The number of halogens is 2. The molecule has 0 radical (unpaired) electrons. The summed E-state index contributed by atoms with van der Waals surface area (Å²) in [5, 5.41) is 10.2. The molecular weight excluding hydrogens is 434 g/mol. The number of nitrogens with one attached hydrogen (secondary N) is 1. The van der Waals surface area contributed by atoms with E-state index < -0.39 is 12.6 Å². The number of benzene rings is 2. The van der Waals surface area contributed by atoms with E-state index in [-0.39, 0.29) is 0 Å². The number of hydrogen-bond acceptors (Lipinski definition) is 3. The number of carboxylic acids is 1. The summed E-state index contributed by atoms with van der Waals surface area (Å²) in [4.78, 5) is 13.9. The molecule has 2 N–H and O–H groups in total. The van der Waals surface area contributed by atoms with Crippen LogP contribution >= 0.6 is 27.5 Å². The lowest BCUT2D eigenvalue weighted by atomic mass is 10.0. The number of rotatable bonds is 7. The van der Waals surface area contributed by atoms with E-state index >= 15 is 0 Å². The predicted octanol–water partition coefficient (Wildman–Crippen LogP) is 6.04. The molecule has 0 fully saturated rings. The molecule has 27 heavy (non-hydrogen) atoms. The number of carbonyl (C=O) groups is 1. The maximum absolute atomic E-state index is 10.6. The fourth-order valence-corrected chi connectivity index (χ4v) is 3.69. The Labute approximate surface area is 170 Å². The zero-order valence-corrected chi connectivity index (χ0v) is 17.2. The van der Waals surface area contributed by atoms with Gasteiger partial charge in [-0.25, -0.2) is 4.79 Å². The van der Waals surface area contributed by atoms with Crippen molar-refractivity contribution in [3.63, 3.8) is 0 Å². The van der Waals surface area contributed by atoms with E-state index in [2.05, 4.69) is 34.8 Å². The third kappa shape index (κ3) is 4.76. The molecule has 0 saturated carbocycles. The van der Waals surface area contributed by atoms with Crippen LogP contribution in [0.1, 0.15) is 19.4 Å². The summed E-state index contributed by atoms with van der Waals surface area (Å²) in [5.41, 5.74) is 2.30. The van der Waals surface area contributed by atoms with Crippen molar-refractivity contribution in [2.75, 3.05) is 6.61 Å². The summed E-state index contributed by atoms with van der Waals surface area (Å²) in [5.74, 6) is 0.950. The molecule has 5 nitrogen and oxygen atoms in total. The minimum absolute atomic E-state index is 0.321. The smallest absolute Gasteiger partial charge is 0.341 e. The molecule has 2 aromatic carbocycles. The van der Waals surface area contributed by atoms with Crippen molar-refractivity contribution >= 4 is 44.4 Å². The number of aromatic amines is 1. The molecule has 0 amide bonds. The van der Waals surface area contributed by atoms with Crippen LogP contribution in [-0.4, -0.2) is 22.7 Å². The number of hydrogen-bond donors (Lipinski definition) is 2. The van der Waals surface area contributed by atoms with Gasteiger partial charge in [0.05, 0.1) is 9.50 Å². The summed E-state index contributed by atoms with van der Waals surface area (Å²) in [6.45, 7) is 3.93. The van der Waals surface area contributed by atoms with Crippen molar-refractivity contribution < 1.29 is 19.4 Å². The zero-order chi connectivity index (χ0) is 19.6.